The van der Waals surface area contributed by atoms with Crippen LogP contribution in [0, 0.1) is 25.7 Å². The normalized spacial score (nSPS) is 22.8. The molecular weight excluding hydrogens is 554 g/mol. The number of hydrogen-bond acceptors (Lipinski definition) is 8. The summed E-state index contributed by atoms with van der Waals surface area (Å²) in [5.41, 5.74) is 2.50. The number of hydrogen-bond donors (Lipinski definition) is 1. The minimum atomic E-state index is -3.54. The summed E-state index contributed by atoms with van der Waals surface area (Å²) in [7, 11) is 1.70. The van der Waals surface area contributed by atoms with Gasteiger partial charge >= 0.3 is 0 Å². The summed E-state index contributed by atoms with van der Waals surface area (Å²) in [6.45, 7) is 6.71. The summed E-state index contributed by atoms with van der Waals surface area (Å²) in [6.07, 6.45) is 5.53. The maximum absolute atomic E-state index is 13.4. The van der Waals surface area contributed by atoms with Crippen LogP contribution in [0.1, 0.15) is 62.1 Å². The molecule has 2 aliphatic heterocycles. The lowest BCUT2D eigenvalue weighted by atomic mass is 9.82. The number of aliphatic imine (C=N–C) groups is 1. The van der Waals surface area contributed by atoms with Gasteiger partial charge in [-0.1, -0.05) is 19.8 Å². The van der Waals surface area contributed by atoms with E-state index < -0.39 is 26.4 Å². The Morgan fingerprint density at radius 3 is 2.10 bits per heavy atom. The van der Waals surface area contributed by atoms with Crippen molar-refractivity contribution in [2.75, 3.05) is 49.8 Å². The van der Waals surface area contributed by atoms with Crippen molar-refractivity contribution in [2.45, 2.75) is 71.3 Å². The van der Waals surface area contributed by atoms with E-state index in [0.717, 1.165) is 53.9 Å². The minimum Gasteiger partial charge on any atom is -0.373 e. The first-order valence-electron chi connectivity index (χ1n) is 15.0. The molecule has 1 amide bonds. The predicted octanol–water partition coefficient (Wildman–Crippen LogP) is 2.79. The molecule has 0 radical (unpaired) electrons. The van der Waals surface area contributed by atoms with Crippen LogP contribution in [0.5, 0.6) is 0 Å². The van der Waals surface area contributed by atoms with Gasteiger partial charge in [0, 0.05) is 45.8 Å². The summed E-state index contributed by atoms with van der Waals surface area (Å²) in [6, 6.07) is 3.86. The smallest absolute Gasteiger partial charge is 0.253 e. The average molecular weight is 598 g/mol. The maximum Gasteiger partial charge on any atom is 0.253 e. The van der Waals surface area contributed by atoms with Crippen molar-refractivity contribution in [3.63, 3.8) is 0 Å². The van der Waals surface area contributed by atoms with Gasteiger partial charge in [-0.2, -0.15) is 0 Å². The van der Waals surface area contributed by atoms with E-state index in [-0.39, 0.29) is 24.7 Å². The molecule has 1 spiro atoms. The number of aryl methyl sites for hydroxylation is 2. The first-order valence-corrected chi connectivity index (χ1v) is 16.6. The second-order valence-electron chi connectivity index (χ2n) is 12.8. The molecule has 2 fully saturated rings. The molecule has 0 bridgehead atoms. The molecule has 0 atom stereocenters. The molecule has 42 heavy (non-hydrogen) atoms. The summed E-state index contributed by atoms with van der Waals surface area (Å²) >= 11 is 0. The quantitative estimate of drug-likeness (QED) is 0.465. The van der Waals surface area contributed by atoms with Gasteiger partial charge in [-0.25, -0.2) is 12.7 Å². The number of nitrogens with zero attached hydrogens (tertiary/aromatic N) is 4. The van der Waals surface area contributed by atoms with E-state index in [4.69, 9.17) is 4.99 Å². The Kier molecular flexibility index (Phi) is 8.12. The lowest BCUT2D eigenvalue weighted by Crippen LogP contribution is -2.51. The van der Waals surface area contributed by atoms with E-state index in [9.17, 15) is 22.8 Å². The molecule has 10 nitrogen and oxygen atoms in total. The number of carbonyl (C=O) groups excluding carboxylic acids is 1. The highest BCUT2D eigenvalue weighted by Gasteiger charge is 2.48. The fourth-order valence-corrected chi connectivity index (χ4v) is 8.34. The van der Waals surface area contributed by atoms with Gasteiger partial charge in [-0.15, -0.1) is 0 Å². The highest BCUT2D eigenvalue weighted by atomic mass is 32.2. The third kappa shape index (κ3) is 5.41. The third-order valence-corrected chi connectivity index (χ3v) is 11.5. The van der Waals surface area contributed by atoms with E-state index in [0.29, 0.717) is 42.5 Å². The van der Waals surface area contributed by atoms with Crippen LogP contribution in [0.4, 0.5) is 17.1 Å². The fourth-order valence-electron chi connectivity index (χ4n) is 6.88. The van der Waals surface area contributed by atoms with Gasteiger partial charge in [0.15, 0.2) is 0 Å². The van der Waals surface area contributed by atoms with Crippen LogP contribution >= 0.6 is 0 Å². The standard InChI is InChI=1S/C31H43N5O5S/c1-19-7-9-22(10-8-19)29-32-30(39)31(33-29)12-14-36(15-13-31)42(40,41)16-11-24-20(2)17-23(18-21(24)3)35(6)26-25(34(4)5)27(37)28(26)38/h17-19,22H,7-16H2,1-6H3,(H,32,33,39). The monoisotopic (exact) mass is 597 g/mol. The number of sulfonamides is 1. The first kappa shape index (κ1) is 30.4. The Morgan fingerprint density at radius 2 is 1.52 bits per heavy atom. The number of benzene rings is 1. The highest BCUT2D eigenvalue weighted by Crippen LogP contribution is 2.36. The first-order chi connectivity index (χ1) is 19.7. The molecule has 2 aromatic carbocycles. The number of piperidine rings is 1. The molecule has 0 unspecified atom stereocenters. The lowest BCUT2D eigenvalue weighted by molar-refractivity contribution is -0.125. The van der Waals surface area contributed by atoms with Crippen LogP contribution in [-0.4, -0.2) is 70.0 Å². The zero-order chi connectivity index (χ0) is 30.6. The second-order valence-corrected chi connectivity index (χ2v) is 14.9. The third-order valence-electron chi connectivity index (χ3n) is 9.67. The van der Waals surface area contributed by atoms with Crippen LogP contribution < -0.4 is 26.0 Å². The van der Waals surface area contributed by atoms with Crippen molar-refractivity contribution in [1.82, 2.24) is 9.62 Å². The van der Waals surface area contributed by atoms with E-state index in [1.807, 2.05) is 26.0 Å². The largest absolute Gasteiger partial charge is 0.373 e. The Balaban J connectivity index is 1.23. The van der Waals surface area contributed by atoms with Crippen LogP contribution in [0.2, 0.25) is 0 Å². The number of amides is 1. The van der Waals surface area contributed by atoms with Gasteiger partial charge in [0.2, 0.25) is 10.0 Å². The van der Waals surface area contributed by atoms with E-state index in [1.165, 1.54) is 4.31 Å². The number of carbonyl (C=O) groups is 1. The van der Waals surface area contributed by atoms with Crippen molar-refractivity contribution in [3.8, 4) is 0 Å². The fraction of sp³-hybridized carbons (Fsp3) is 0.613. The molecule has 2 aromatic rings. The summed E-state index contributed by atoms with van der Waals surface area (Å²) in [4.78, 5) is 45.6. The number of anilines is 3. The van der Waals surface area contributed by atoms with Crippen molar-refractivity contribution in [2.24, 2.45) is 16.8 Å². The van der Waals surface area contributed by atoms with Gasteiger partial charge in [-0.05, 0) is 80.7 Å². The summed E-state index contributed by atoms with van der Waals surface area (Å²) in [5.74, 6) is 1.72. The molecule has 11 heteroatoms. The molecule has 228 valence electrons. The zero-order valence-corrected chi connectivity index (χ0v) is 26.4. The lowest BCUT2D eigenvalue weighted by Gasteiger charge is -2.35. The van der Waals surface area contributed by atoms with E-state index in [1.54, 1.807) is 30.9 Å². The second kappa shape index (κ2) is 11.2. The summed E-state index contributed by atoms with van der Waals surface area (Å²) in [5, 5.41) is 3.05. The van der Waals surface area contributed by atoms with E-state index >= 15 is 0 Å². The van der Waals surface area contributed by atoms with Crippen molar-refractivity contribution in [3.05, 3.63) is 49.3 Å². The van der Waals surface area contributed by atoms with Crippen molar-refractivity contribution < 1.29 is 13.2 Å². The van der Waals surface area contributed by atoms with Gasteiger partial charge < -0.3 is 15.1 Å². The highest BCUT2D eigenvalue weighted by molar-refractivity contribution is 7.89. The Morgan fingerprint density at radius 1 is 0.952 bits per heavy atom. The van der Waals surface area contributed by atoms with Crippen molar-refractivity contribution in [1.29, 1.82) is 0 Å². The number of nitrogens with one attached hydrogen (secondary N) is 1. The number of amidine groups is 1. The zero-order valence-electron chi connectivity index (χ0n) is 25.6. The molecule has 1 saturated heterocycles. The maximum atomic E-state index is 13.4. The van der Waals surface area contributed by atoms with Crippen LogP contribution in [0.3, 0.4) is 0 Å². The molecule has 2 heterocycles. The minimum absolute atomic E-state index is 0.0270. The predicted molar refractivity (Wildman–Crippen MR) is 167 cm³/mol. The SMILES string of the molecule is Cc1cc(N(C)c2c(N(C)C)c(=O)c2=O)cc(C)c1CCS(=O)(=O)N1CCC2(CC1)N=C(C1CCC(C)CC1)NC2=O. The topological polar surface area (TPSA) is 119 Å². The van der Waals surface area contributed by atoms with Crippen LogP contribution in [0.25, 0.3) is 0 Å². The van der Waals surface area contributed by atoms with Gasteiger partial charge in [0.05, 0.1) is 5.75 Å². The van der Waals surface area contributed by atoms with Crippen LogP contribution in [-0.2, 0) is 21.2 Å². The summed E-state index contributed by atoms with van der Waals surface area (Å²) < 4.78 is 28.3. The van der Waals surface area contributed by atoms with Crippen molar-refractivity contribution >= 4 is 38.8 Å². The Labute approximate surface area is 248 Å². The Hall–Kier alpha value is -3.05. The molecule has 1 aliphatic carbocycles. The van der Waals surface area contributed by atoms with Crippen LogP contribution in [0.15, 0.2) is 26.7 Å². The van der Waals surface area contributed by atoms with Gasteiger partial charge in [-0.3, -0.25) is 19.4 Å². The van der Waals surface area contributed by atoms with Gasteiger partial charge in [0.25, 0.3) is 16.8 Å². The molecule has 1 N–H and O–H groups in total. The average Bonchev–Trinajstić information content (AvgIpc) is 3.25. The molecule has 5 rings (SSSR count). The molecular formula is C31H43N5O5S. The molecule has 1 saturated carbocycles. The molecule has 3 aliphatic rings. The Bertz CT molecular complexity index is 1560. The molecule has 0 aromatic heterocycles. The van der Waals surface area contributed by atoms with Gasteiger partial charge in [0.1, 0.15) is 22.7 Å². The number of rotatable bonds is 8. The van der Waals surface area contributed by atoms with E-state index in [2.05, 4.69) is 12.2 Å².